The number of aromatic hydroxyl groups is 1. The molecule has 0 aliphatic carbocycles. The van der Waals surface area contributed by atoms with E-state index in [-0.39, 0.29) is 17.7 Å². The summed E-state index contributed by atoms with van der Waals surface area (Å²) in [5.41, 5.74) is 6.78. The lowest BCUT2D eigenvalue weighted by atomic mass is 10.1. The maximum absolute atomic E-state index is 11.8. The Labute approximate surface area is 106 Å². The van der Waals surface area contributed by atoms with E-state index in [1.165, 1.54) is 0 Å². The van der Waals surface area contributed by atoms with Crippen LogP contribution in [0.2, 0.25) is 0 Å². The number of hydrogen-bond acceptors (Lipinski definition) is 4. The predicted octanol–water partition coefficient (Wildman–Crippen LogP) is 0.167. The number of nitrogens with one attached hydrogen (secondary N) is 1. The van der Waals surface area contributed by atoms with E-state index in [1.54, 1.807) is 24.3 Å². The van der Waals surface area contributed by atoms with Crippen molar-refractivity contribution in [3.8, 4) is 5.75 Å². The number of phenolic OH excluding ortho intramolecular Hbond substituents is 1. The van der Waals surface area contributed by atoms with E-state index in [2.05, 4.69) is 5.32 Å². The van der Waals surface area contributed by atoms with Gasteiger partial charge in [-0.3, -0.25) is 4.79 Å². The highest BCUT2D eigenvalue weighted by Crippen LogP contribution is 2.11. The minimum atomic E-state index is -0.574. The van der Waals surface area contributed by atoms with Crippen LogP contribution in [-0.4, -0.2) is 36.3 Å². The molecule has 1 fully saturated rings. The lowest BCUT2D eigenvalue weighted by molar-refractivity contribution is -0.123. The van der Waals surface area contributed by atoms with Gasteiger partial charge in [-0.05, 0) is 30.5 Å². The van der Waals surface area contributed by atoms with Crippen LogP contribution in [-0.2, 0) is 16.0 Å². The Hall–Kier alpha value is -1.59. The van der Waals surface area contributed by atoms with E-state index in [0.717, 1.165) is 12.0 Å². The first-order valence-corrected chi connectivity index (χ1v) is 6.07. The summed E-state index contributed by atoms with van der Waals surface area (Å²) in [5.74, 6) is 0.0541. The van der Waals surface area contributed by atoms with Crippen molar-refractivity contribution in [2.75, 3.05) is 13.2 Å². The van der Waals surface area contributed by atoms with Gasteiger partial charge >= 0.3 is 0 Å². The van der Waals surface area contributed by atoms with Gasteiger partial charge in [-0.25, -0.2) is 0 Å². The second-order valence-electron chi connectivity index (χ2n) is 4.55. The van der Waals surface area contributed by atoms with Crippen molar-refractivity contribution in [1.29, 1.82) is 0 Å². The van der Waals surface area contributed by atoms with Crippen molar-refractivity contribution in [3.05, 3.63) is 29.8 Å². The molecule has 1 aromatic rings. The predicted molar refractivity (Wildman–Crippen MR) is 67.2 cm³/mol. The molecule has 5 nitrogen and oxygen atoms in total. The molecule has 1 saturated heterocycles. The van der Waals surface area contributed by atoms with Gasteiger partial charge in [0.2, 0.25) is 5.91 Å². The largest absolute Gasteiger partial charge is 0.508 e. The number of phenols is 1. The lowest BCUT2D eigenvalue weighted by Gasteiger charge is -2.15. The number of amides is 1. The fraction of sp³-hybridized carbons (Fsp3) is 0.462. The fourth-order valence-corrected chi connectivity index (χ4v) is 1.94. The zero-order valence-corrected chi connectivity index (χ0v) is 10.1. The average Bonchev–Trinajstić information content (AvgIpc) is 2.85. The van der Waals surface area contributed by atoms with Crippen molar-refractivity contribution in [2.24, 2.45) is 5.73 Å². The van der Waals surface area contributed by atoms with Crippen LogP contribution in [0.25, 0.3) is 0 Å². The normalized spacial score (nSPS) is 20.6. The van der Waals surface area contributed by atoms with Crippen LogP contribution in [0.5, 0.6) is 5.75 Å². The van der Waals surface area contributed by atoms with Crippen LogP contribution >= 0.6 is 0 Å². The third-order valence-corrected chi connectivity index (χ3v) is 3.00. The lowest BCUT2D eigenvalue weighted by Crippen LogP contribution is -2.46. The monoisotopic (exact) mass is 250 g/mol. The van der Waals surface area contributed by atoms with E-state index < -0.39 is 6.04 Å². The summed E-state index contributed by atoms with van der Waals surface area (Å²) in [6.45, 7) is 1.26. The Balaban J connectivity index is 1.84. The third-order valence-electron chi connectivity index (χ3n) is 3.00. The second kappa shape index (κ2) is 5.84. The molecule has 2 unspecified atom stereocenters. The summed E-state index contributed by atoms with van der Waals surface area (Å²) in [4.78, 5) is 11.8. The molecule has 98 valence electrons. The molecule has 1 heterocycles. The first-order chi connectivity index (χ1) is 8.65. The first-order valence-electron chi connectivity index (χ1n) is 6.07. The highest BCUT2D eigenvalue weighted by molar-refractivity contribution is 5.82. The van der Waals surface area contributed by atoms with Gasteiger partial charge in [0, 0.05) is 6.61 Å². The van der Waals surface area contributed by atoms with Crippen LogP contribution < -0.4 is 11.1 Å². The fourth-order valence-electron chi connectivity index (χ4n) is 1.94. The number of nitrogens with two attached hydrogens (primary N) is 1. The minimum Gasteiger partial charge on any atom is -0.508 e. The molecule has 1 amide bonds. The second-order valence-corrected chi connectivity index (χ2v) is 4.55. The molecule has 0 radical (unpaired) electrons. The molecule has 0 spiro atoms. The number of benzene rings is 1. The smallest absolute Gasteiger partial charge is 0.237 e. The topological polar surface area (TPSA) is 84.6 Å². The third kappa shape index (κ3) is 3.45. The molecule has 5 heteroatoms. The van der Waals surface area contributed by atoms with Crippen LogP contribution in [0, 0.1) is 0 Å². The van der Waals surface area contributed by atoms with Crippen molar-refractivity contribution in [2.45, 2.75) is 24.9 Å². The molecular formula is C13H18N2O3. The molecule has 0 aromatic heterocycles. The van der Waals surface area contributed by atoms with E-state index >= 15 is 0 Å². The quantitative estimate of drug-likeness (QED) is 0.711. The highest BCUT2D eigenvalue weighted by Gasteiger charge is 2.21. The summed E-state index contributed by atoms with van der Waals surface area (Å²) < 4.78 is 5.19. The number of ether oxygens (including phenoxy) is 1. The van der Waals surface area contributed by atoms with E-state index in [0.29, 0.717) is 19.6 Å². The van der Waals surface area contributed by atoms with Crippen molar-refractivity contribution in [1.82, 2.24) is 5.32 Å². The minimum absolute atomic E-state index is 0.0865. The van der Waals surface area contributed by atoms with Gasteiger partial charge in [0.1, 0.15) is 5.75 Å². The number of rotatable bonds is 4. The molecule has 18 heavy (non-hydrogen) atoms. The summed E-state index contributed by atoms with van der Waals surface area (Å²) >= 11 is 0. The zero-order valence-electron chi connectivity index (χ0n) is 10.1. The molecule has 1 aliphatic rings. The van der Waals surface area contributed by atoms with Crippen LogP contribution in [0.15, 0.2) is 24.3 Å². The summed E-state index contributed by atoms with van der Waals surface area (Å²) in [6, 6.07) is 6.22. The van der Waals surface area contributed by atoms with Gasteiger partial charge in [0.15, 0.2) is 0 Å². The molecule has 2 rings (SSSR count). The summed E-state index contributed by atoms with van der Waals surface area (Å²) in [6.07, 6.45) is 1.30. The molecule has 1 aliphatic heterocycles. The van der Waals surface area contributed by atoms with Gasteiger partial charge in [-0.1, -0.05) is 12.1 Å². The SMILES string of the molecule is NC(Cc1ccc(O)cc1)C(=O)NC1CCOC1. The van der Waals surface area contributed by atoms with Crippen LogP contribution in [0.4, 0.5) is 0 Å². The Bertz CT molecular complexity index is 399. The van der Waals surface area contributed by atoms with Gasteiger partial charge in [0.25, 0.3) is 0 Å². The summed E-state index contributed by atoms with van der Waals surface area (Å²) in [5, 5.41) is 12.0. The van der Waals surface area contributed by atoms with Crippen molar-refractivity contribution in [3.63, 3.8) is 0 Å². The van der Waals surface area contributed by atoms with Gasteiger partial charge in [-0.15, -0.1) is 0 Å². The standard InChI is InChI=1S/C13H18N2O3/c14-12(7-9-1-3-11(16)4-2-9)13(17)15-10-5-6-18-8-10/h1-4,10,12,16H,5-8,14H2,(H,15,17). The Morgan fingerprint density at radius 3 is 2.83 bits per heavy atom. The summed E-state index contributed by atoms with van der Waals surface area (Å²) in [7, 11) is 0. The van der Waals surface area contributed by atoms with E-state index in [9.17, 15) is 4.79 Å². The van der Waals surface area contributed by atoms with Crippen molar-refractivity contribution < 1.29 is 14.6 Å². The van der Waals surface area contributed by atoms with Crippen LogP contribution in [0.1, 0.15) is 12.0 Å². The average molecular weight is 250 g/mol. The van der Waals surface area contributed by atoms with E-state index in [4.69, 9.17) is 15.6 Å². The van der Waals surface area contributed by atoms with Gasteiger partial charge in [-0.2, -0.15) is 0 Å². The number of carbonyl (C=O) groups excluding carboxylic acids is 1. The highest BCUT2D eigenvalue weighted by atomic mass is 16.5. The molecule has 1 aromatic carbocycles. The molecule has 0 saturated carbocycles. The van der Waals surface area contributed by atoms with E-state index in [1.807, 2.05) is 0 Å². The van der Waals surface area contributed by atoms with Crippen LogP contribution in [0.3, 0.4) is 0 Å². The van der Waals surface area contributed by atoms with Crippen molar-refractivity contribution >= 4 is 5.91 Å². The van der Waals surface area contributed by atoms with Gasteiger partial charge < -0.3 is 20.9 Å². The maximum Gasteiger partial charge on any atom is 0.237 e. The maximum atomic E-state index is 11.8. The molecule has 4 N–H and O–H groups in total. The van der Waals surface area contributed by atoms with Gasteiger partial charge in [0.05, 0.1) is 18.7 Å². The Kier molecular flexibility index (Phi) is 4.17. The zero-order chi connectivity index (χ0) is 13.0. The molecule has 2 atom stereocenters. The number of hydrogen-bond donors (Lipinski definition) is 3. The molecule has 0 bridgehead atoms. The Morgan fingerprint density at radius 2 is 2.22 bits per heavy atom. The Morgan fingerprint density at radius 1 is 1.50 bits per heavy atom. The first kappa shape index (κ1) is 12.9. The number of carbonyl (C=O) groups is 1. The molecular weight excluding hydrogens is 232 g/mol.